The van der Waals surface area contributed by atoms with E-state index in [9.17, 15) is 14.4 Å². The van der Waals surface area contributed by atoms with Gasteiger partial charge >= 0.3 is 0 Å². The molecule has 0 spiro atoms. The lowest BCUT2D eigenvalue weighted by atomic mass is 9.97. The lowest BCUT2D eigenvalue weighted by molar-refractivity contribution is -0.124. The van der Waals surface area contributed by atoms with Gasteiger partial charge in [0.25, 0.3) is 11.8 Å². The molecule has 0 unspecified atom stereocenters. The first-order valence-electron chi connectivity index (χ1n) is 8.43. The zero-order valence-corrected chi connectivity index (χ0v) is 14.5. The summed E-state index contributed by atoms with van der Waals surface area (Å²) in [5.41, 5.74) is 1.63. The Morgan fingerprint density at radius 3 is 2.48 bits per heavy atom. The third-order valence-electron chi connectivity index (χ3n) is 4.83. The second-order valence-electron chi connectivity index (χ2n) is 6.63. The molecule has 3 amide bonds. The Hall–Kier alpha value is -2.47. The molecule has 0 aliphatic carbocycles. The Balaban J connectivity index is 1.65. The van der Waals surface area contributed by atoms with E-state index in [2.05, 4.69) is 11.9 Å². The zero-order valence-electron chi connectivity index (χ0n) is 14.5. The molecule has 0 aromatic heterocycles. The number of carbonyl (C=O) groups excluding carboxylic acids is 3. The lowest BCUT2D eigenvalue weighted by Crippen LogP contribution is -2.49. The maximum atomic E-state index is 12.5. The maximum absolute atomic E-state index is 12.5. The fourth-order valence-corrected chi connectivity index (χ4v) is 3.44. The molecule has 6 heteroatoms. The summed E-state index contributed by atoms with van der Waals surface area (Å²) >= 11 is 0. The molecule has 2 heterocycles. The van der Waals surface area contributed by atoms with Gasteiger partial charge in [-0.05, 0) is 32.4 Å². The summed E-state index contributed by atoms with van der Waals surface area (Å²) in [6.07, 6.45) is 0.786. The number of hydrogen-bond donors (Lipinski definition) is 1. The minimum absolute atomic E-state index is 0.0603. The van der Waals surface area contributed by atoms with E-state index in [-0.39, 0.29) is 17.9 Å². The highest BCUT2D eigenvalue weighted by molar-refractivity contribution is 6.22. The van der Waals surface area contributed by atoms with Gasteiger partial charge in [0.15, 0.2) is 0 Å². The minimum Gasteiger partial charge on any atom is -0.374 e. The summed E-state index contributed by atoms with van der Waals surface area (Å²) in [5, 5.41) is 2.85. The van der Waals surface area contributed by atoms with Gasteiger partial charge in [-0.15, -0.1) is 0 Å². The van der Waals surface area contributed by atoms with Gasteiger partial charge in [0.1, 0.15) is 6.04 Å². The minimum atomic E-state index is -0.863. The first-order valence-corrected chi connectivity index (χ1v) is 8.43. The molecular weight excluding hydrogens is 320 g/mol. The van der Waals surface area contributed by atoms with Gasteiger partial charge in [-0.25, -0.2) is 0 Å². The summed E-state index contributed by atoms with van der Waals surface area (Å²) in [6.45, 7) is 8.48. The van der Waals surface area contributed by atoms with Crippen LogP contribution >= 0.6 is 0 Å². The van der Waals surface area contributed by atoms with Crippen LogP contribution < -0.4 is 5.32 Å². The van der Waals surface area contributed by atoms with Crippen molar-refractivity contribution >= 4 is 17.7 Å². The van der Waals surface area contributed by atoms with Crippen LogP contribution in [0.4, 0.5) is 0 Å². The molecule has 0 saturated carbocycles. The molecule has 1 aromatic carbocycles. The molecule has 2 aliphatic heterocycles. The average molecular weight is 342 g/mol. The molecule has 0 bridgehead atoms. The lowest BCUT2D eigenvalue weighted by Gasteiger charge is -2.24. The summed E-state index contributed by atoms with van der Waals surface area (Å²) in [5.74, 6) is -1.03. The van der Waals surface area contributed by atoms with E-state index in [1.165, 1.54) is 0 Å². The predicted molar refractivity (Wildman–Crippen MR) is 92.1 cm³/mol. The van der Waals surface area contributed by atoms with E-state index in [0.29, 0.717) is 24.3 Å². The van der Waals surface area contributed by atoms with E-state index >= 15 is 0 Å². The van der Waals surface area contributed by atoms with Crippen LogP contribution in [0.1, 0.15) is 41.0 Å². The van der Waals surface area contributed by atoms with Crippen molar-refractivity contribution in [3.63, 3.8) is 0 Å². The first-order chi connectivity index (χ1) is 11.9. The van der Waals surface area contributed by atoms with Gasteiger partial charge in [0.05, 0.1) is 17.2 Å². The van der Waals surface area contributed by atoms with Crippen molar-refractivity contribution in [1.82, 2.24) is 10.2 Å². The molecule has 132 valence electrons. The molecule has 1 fully saturated rings. The molecule has 1 saturated heterocycles. The van der Waals surface area contributed by atoms with Crippen LogP contribution in [0.25, 0.3) is 0 Å². The Morgan fingerprint density at radius 1 is 1.32 bits per heavy atom. The van der Waals surface area contributed by atoms with E-state index in [1.54, 1.807) is 31.2 Å². The Kier molecular flexibility index (Phi) is 4.72. The van der Waals surface area contributed by atoms with E-state index < -0.39 is 17.9 Å². The smallest absolute Gasteiger partial charge is 0.262 e. The van der Waals surface area contributed by atoms with Crippen LogP contribution in [0.2, 0.25) is 0 Å². The summed E-state index contributed by atoms with van der Waals surface area (Å²) < 4.78 is 5.63. The van der Waals surface area contributed by atoms with Crippen LogP contribution in [-0.4, -0.2) is 47.9 Å². The number of benzene rings is 1. The largest absolute Gasteiger partial charge is 0.374 e. The predicted octanol–water partition coefficient (Wildman–Crippen LogP) is 1.77. The summed E-state index contributed by atoms with van der Waals surface area (Å²) in [4.78, 5) is 38.4. The fraction of sp³-hybridized carbons (Fsp3) is 0.421. The quantitative estimate of drug-likeness (QED) is 0.654. The van der Waals surface area contributed by atoms with Crippen molar-refractivity contribution in [3.05, 3.63) is 47.5 Å². The SMILES string of the molecule is C=C(C)[C@@H]1OCC[C@H]1CNC(=O)[C@@H](C)N1C(=O)c2ccccc2C1=O. The molecule has 25 heavy (non-hydrogen) atoms. The fourth-order valence-electron chi connectivity index (χ4n) is 3.44. The van der Waals surface area contributed by atoms with Crippen LogP contribution in [0.3, 0.4) is 0 Å². The highest BCUT2D eigenvalue weighted by atomic mass is 16.5. The highest BCUT2D eigenvalue weighted by Crippen LogP contribution is 2.26. The third kappa shape index (κ3) is 3.09. The van der Waals surface area contributed by atoms with Crippen molar-refractivity contribution < 1.29 is 19.1 Å². The first kappa shape index (κ1) is 17.4. The summed E-state index contributed by atoms with van der Waals surface area (Å²) in [6, 6.07) is 5.76. The van der Waals surface area contributed by atoms with E-state index in [4.69, 9.17) is 4.74 Å². The number of nitrogens with zero attached hydrogens (tertiary/aromatic N) is 1. The monoisotopic (exact) mass is 342 g/mol. The van der Waals surface area contributed by atoms with E-state index in [1.807, 2.05) is 6.92 Å². The normalized spacial score (nSPS) is 23.5. The molecule has 2 aliphatic rings. The van der Waals surface area contributed by atoms with Gasteiger partial charge in [0.2, 0.25) is 5.91 Å². The molecular formula is C19H22N2O4. The topological polar surface area (TPSA) is 75.7 Å². The highest BCUT2D eigenvalue weighted by Gasteiger charge is 2.40. The van der Waals surface area contributed by atoms with Crippen LogP contribution in [0.5, 0.6) is 0 Å². The molecule has 3 rings (SSSR count). The number of fused-ring (bicyclic) bond motifs is 1. The van der Waals surface area contributed by atoms with Crippen molar-refractivity contribution in [2.24, 2.45) is 5.92 Å². The number of rotatable bonds is 5. The van der Waals surface area contributed by atoms with Crippen LogP contribution in [0, 0.1) is 5.92 Å². The van der Waals surface area contributed by atoms with Gasteiger partial charge in [-0.3, -0.25) is 19.3 Å². The van der Waals surface area contributed by atoms with Crippen molar-refractivity contribution in [2.45, 2.75) is 32.4 Å². The molecule has 0 radical (unpaired) electrons. The van der Waals surface area contributed by atoms with Crippen molar-refractivity contribution in [3.8, 4) is 0 Å². The van der Waals surface area contributed by atoms with Gasteiger partial charge in [-0.2, -0.15) is 0 Å². The molecule has 3 atom stereocenters. The number of carbonyl (C=O) groups is 3. The van der Waals surface area contributed by atoms with Gasteiger partial charge in [0, 0.05) is 19.1 Å². The number of amides is 3. The molecule has 1 aromatic rings. The van der Waals surface area contributed by atoms with Crippen molar-refractivity contribution in [2.75, 3.05) is 13.2 Å². The van der Waals surface area contributed by atoms with Gasteiger partial charge < -0.3 is 10.1 Å². The molecule has 6 nitrogen and oxygen atoms in total. The standard InChI is InChI=1S/C19H22N2O4/c1-11(2)16-13(8-9-25-16)10-20-17(22)12(3)21-18(23)14-6-4-5-7-15(14)19(21)24/h4-7,12-13,16H,1,8-10H2,2-3H3,(H,20,22)/t12-,13+,16+/m1/s1. The average Bonchev–Trinajstić information content (AvgIpc) is 3.16. The van der Waals surface area contributed by atoms with Gasteiger partial charge in [-0.1, -0.05) is 24.3 Å². The van der Waals surface area contributed by atoms with Crippen molar-refractivity contribution in [1.29, 1.82) is 0 Å². The van der Waals surface area contributed by atoms with Crippen LogP contribution in [-0.2, 0) is 9.53 Å². The molecule has 1 N–H and O–H groups in total. The maximum Gasteiger partial charge on any atom is 0.262 e. The zero-order chi connectivity index (χ0) is 18.1. The Labute approximate surface area is 146 Å². The van der Waals surface area contributed by atoms with Crippen LogP contribution in [0.15, 0.2) is 36.4 Å². The number of ether oxygens (including phenoxy) is 1. The Morgan fingerprint density at radius 2 is 1.92 bits per heavy atom. The summed E-state index contributed by atoms with van der Waals surface area (Å²) in [7, 11) is 0. The number of nitrogens with one attached hydrogen (secondary N) is 1. The number of hydrogen-bond acceptors (Lipinski definition) is 4. The number of imide groups is 1. The second kappa shape index (κ2) is 6.80. The Bertz CT molecular complexity index is 708. The van der Waals surface area contributed by atoms with E-state index in [0.717, 1.165) is 16.9 Å². The second-order valence-corrected chi connectivity index (χ2v) is 6.63. The third-order valence-corrected chi connectivity index (χ3v) is 4.83.